The standard InChI is InChI=1S/C14H12ClN3/c15-9-10-5-1-2-6-11(10)16-14-17-12-7-3-4-8-13(12)18-14/h1-8H,9H2,(H2,16,17,18). The summed E-state index contributed by atoms with van der Waals surface area (Å²) >= 11 is 5.91. The first kappa shape index (κ1) is 11.1. The Morgan fingerprint density at radius 2 is 1.83 bits per heavy atom. The Bertz CT molecular complexity index is 642. The van der Waals surface area contributed by atoms with Crippen LogP contribution in [0.5, 0.6) is 0 Å². The van der Waals surface area contributed by atoms with Gasteiger partial charge < -0.3 is 10.3 Å². The summed E-state index contributed by atoms with van der Waals surface area (Å²) < 4.78 is 0. The third-order valence-electron chi connectivity index (χ3n) is 2.80. The summed E-state index contributed by atoms with van der Waals surface area (Å²) in [6.07, 6.45) is 0. The molecule has 0 aliphatic heterocycles. The van der Waals surface area contributed by atoms with E-state index in [1.54, 1.807) is 0 Å². The molecule has 2 aromatic carbocycles. The van der Waals surface area contributed by atoms with Crippen molar-refractivity contribution >= 4 is 34.3 Å². The molecule has 0 atom stereocenters. The summed E-state index contributed by atoms with van der Waals surface area (Å²) in [6, 6.07) is 15.9. The lowest BCUT2D eigenvalue weighted by atomic mass is 10.2. The van der Waals surface area contributed by atoms with Gasteiger partial charge in [0.05, 0.1) is 11.0 Å². The van der Waals surface area contributed by atoms with Gasteiger partial charge in [-0.15, -0.1) is 11.6 Å². The first-order valence-electron chi connectivity index (χ1n) is 5.72. The normalized spacial score (nSPS) is 10.7. The van der Waals surface area contributed by atoms with Crippen LogP contribution >= 0.6 is 11.6 Å². The van der Waals surface area contributed by atoms with Gasteiger partial charge in [0.1, 0.15) is 0 Å². The zero-order valence-corrected chi connectivity index (χ0v) is 10.4. The first-order valence-corrected chi connectivity index (χ1v) is 6.26. The van der Waals surface area contributed by atoms with Crippen LogP contribution in [-0.4, -0.2) is 9.97 Å². The maximum atomic E-state index is 5.91. The predicted octanol–water partition coefficient (Wildman–Crippen LogP) is 4.05. The van der Waals surface area contributed by atoms with Gasteiger partial charge in [-0.25, -0.2) is 4.98 Å². The molecule has 0 saturated heterocycles. The van der Waals surface area contributed by atoms with Gasteiger partial charge in [-0.2, -0.15) is 0 Å². The Kier molecular flexibility index (Phi) is 2.90. The van der Waals surface area contributed by atoms with E-state index in [-0.39, 0.29) is 0 Å². The Hall–Kier alpha value is -2.00. The highest BCUT2D eigenvalue weighted by molar-refractivity contribution is 6.17. The average molecular weight is 258 g/mol. The fourth-order valence-electron chi connectivity index (χ4n) is 1.90. The summed E-state index contributed by atoms with van der Waals surface area (Å²) in [5.41, 5.74) is 4.00. The van der Waals surface area contributed by atoms with Crippen molar-refractivity contribution in [2.45, 2.75) is 5.88 Å². The molecule has 0 spiro atoms. The van der Waals surface area contributed by atoms with Crippen LogP contribution in [0.1, 0.15) is 5.56 Å². The number of imidazole rings is 1. The van der Waals surface area contributed by atoms with Crippen LogP contribution in [0.15, 0.2) is 48.5 Å². The predicted molar refractivity (Wildman–Crippen MR) is 75.4 cm³/mol. The first-order chi connectivity index (χ1) is 8.86. The van der Waals surface area contributed by atoms with Gasteiger partial charge in [0, 0.05) is 11.6 Å². The number of anilines is 2. The van der Waals surface area contributed by atoms with Crippen molar-refractivity contribution in [1.82, 2.24) is 9.97 Å². The zero-order valence-electron chi connectivity index (χ0n) is 9.65. The van der Waals surface area contributed by atoms with Crippen molar-refractivity contribution in [2.75, 3.05) is 5.32 Å². The Labute approximate surface area is 110 Å². The van der Waals surface area contributed by atoms with Crippen LogP contribution in [0.4, 0.5) is 11.6 Å². The molecule has 1 aromatic heterocycles. The van der Waals surface area contributed by atoms with E-state index < -0.39 is 0 Å². The molecule has 3 aromatic rings. The van der Waals surface area contributed by atoms with E-state index in [4.69, 9.17) is 11.6 Å². The summed E-state index contributed by atoms with van der Waals surface area (Å²) in [4.78, 5) is 7.70. The van der Waals surface area contributed by atoms with E-state index in [1.165, 1.54) is 0 Å². The quantitative estimate of drug-likeness (QED) is 0.695. The molecule has 0 fully saturated rings. The van der Waals surface area contributed by atoms with Crippen LogP contribution in [0, 0.1) is 0 Å². The third kappa shape index (κ3) is 2.05. The highest BCUT2D eigenvalue weighted by Gasteiger charge is 2.04. The van der Waals surface area contributed by atoms with E-state index in [0.29, 0.717) is 5.88 Å². The fraction of sp³-hybridized carbons (Fsp3) is 0.0714. The Balaban J connectivity index is 1.96. The second-order valence-electron chi connectivity index (χ2n) is 4.02. The van der Waals surface area contributed by atoms with Gasteiger partial charge in [-0.1, -0.05) is 30.3 Å². The van der Waals surface area contributed by atoms with Gasteiger partial charge in [0.25, 0.3) is 0 Å². The second kappa shape index (κ2) is 4.70. The number of halogens is 1. The number of rotatable bonds is 3. The van der Waals surface area contributed by atoms with E-state index in [1.807, 2.05) is 48.5 Å². The number of fused-ring (bicyclic) bond motifs is 1. The number of hydrogen-bond acceptors (Lipinski definition) is 2. The minimum atomic E-state index is 0.476. The fourth-order valence-corrected chi connectivity index (χ4v) is 2.13. The monoisotopic (exact) mass is 257 g/mol. The number of nitrogens with one attached hydrogen (secondary N) is 2. The number of nitrogens with zero attached hydrogens (tertiary/aromatic N) is 1. The van der Waals surface area contributed by atoms with Crippen LogP contribution < -0.4 is 5.32 Å². The topological polar surface area (TPSA) is 40.7 Å². The number of aromatic nitrogens is 2. The van der Waals surface area contributed by atoms with Crippen molar-refractivity contribution in [3.63, 3.8) is 0 Å². The molecule has 4 heteroatoms. The summed E-state index contributed by atoms with van der Waals surface area (Å²) in [7, 11) is 0. The van der Waals surface area contributed by atoms with E-state index in [0.717, 1.165) is 28.2 Å². The molecule has 2 N–H and O–H groups in total. The summed E-state index contributed by atoms with van der Waals surface area (Å²) in [6.45, 7) is 0. The second-order valence-corrected chi connectivity index (χ2v) is 4.29. The molecule has 0 unspecified atom stereocenters. The molecule has 0 amide bonds. The van der Waals surface area contributed by atoms with Crippen LogP contribution in [-0.2, 0) is 5.88 Å². The molecule has 0 radical (unpaired) electrons. The lowest BCUT2D eigenvalue weighted by Gasteiger charge is -2.06. The summed E-state index contributed by atoms with van der Waals surface area (Å²) in [5.74, 6) is 1.21. The van der Waals surface area contributed by atoms with Gasteiger partial charge in [-0.3, -0.25) is 0 Å². The zero-order chi connectivity index (χ0) is 12.4. The minimum Gasteiger partial charge on any atom is -0.325 e. The number of alkyl halides is 1. The van der Waals surface area contributed by atoms with Crippen molar-refractivity contribution in [3.8, 4) is 0 Å². The maximum absolute atomic E-state index is 5.91. The number of H-pyrrole nitrogens is 1. The van der Waals surface area contributed by atoms with Gasteiger partial charge in [0.15, 0.2) is 0 Å². The molecule has 18 heavy (non-hydrogen) atoms. The Morgan fingerprint density at radius 3 is 2.67 bits per heavy atom. The van der Waals surface area contributed by atoms with Crippen molar-refractivity contribution in [3.05, 3.63) is 54.1 Å². The van der Waals surface area contributed by atoms with E-state index in [9.17, 15) is 0 Å². The number of aromatic amines is 1. The lowest BCUT2D eigenvalue weighted by Crippen LogP contribution is -1.95. The van der Waals surface area contributed by atoms with E-state index in [2.05, 4.69) is 15.3 Å². The van der Waals surface area contributed by atoms with Crippen LogP contribution in [0.3, 0.4) is 0 Å². The van der Waals surface area contributed by atoms with Gasteiger partial charge in [-0.05, 0) is 23.8 Å². The largest absolute Gasteiger partial charge is 0.325 e. The molecule has 90 valence electrons. The van der Waals surface area contributed by atoms with Gasteiger partial charge >= 0.3 is 0 Å². The number of para-hydroxylation sites is 3. The van der Waals surface area contributed by atoms with Gasteiger partial charge in [0.2, 0.25) is 5.95 Å². The highest BCUT2D eigenvalue weighted by atomic mass is 35.5. The van der Waals surface area contributed by atoms with Crippen molar-refractivity contribution in [1.29, 1.82) is 0 Å². The highest BCUT2D eigenvalue weighted by Crippen LogP contribution is 2.22. The minimum absolute atomic E-state index is 0.476. The number of hydrogen-bond donors (Lipinski definition) is 2. The molecule has 3 nitrogen and oxygen atoms in total. The third-order valence-corrected chi connectivity index (χ3v) is 3.09. The molecular weight excluding hydrogens is 246 g/mol. The van der Waals surface area contributed by atoms with Crippen LogP contribution in [0.25, 0.3) is 11.0 Å². The Morgan fingerprint density at radius 1 is 1.06 bits per heavy atom. The molecule has 0 saturated carbocycles. The smallest absolute Gasteiger partial charge is 0.205 e. The molecule has 0 bridgehead atoms. The molecule has 1 heterocycles. The molecule has 0 aliphatic carbocycles. The van der Waals surface area contributed by atoms with Crippen molar-refractivity contribution in [2.24, 2.45) is 0 Å². The molecule has 3 rings (SSSR count). The summed E-state index contributed by atoms with van der Waals surface area (Å²) in [5, 5.41) is 3.26. The van der Waals surface area contributed by atoms with Crippen molar-refractivity contribution < 1.29 is 0 Å². The molecular formula is C14H12ClN3. The lowest BCUT2D eigenvalue weighted by molar-refractivity contribution is 1.28. The maximum Gasteiger partial charge on any atom is 0.205 e. The number of benzene rings is 2. The SMILES string of the molecule is ClCc1ccccc1Nc1nc2ccccc2[nH]1. The molecule has 0 aliphatic rings. The average Bonchev–Trinajstić information content (AvgIpc) is 2.81. The van der Waals surface area contributed by atoms with Crippen LogP contribution in [0.2, 0.25) is 0 Å². The van der Waals surface area contributed by atoms with E-state index >= 15 is 0 Å².